The van der Waals surface area contributed by atoms with Crippen molar-refractivity contribution in [1.29, 1.82) is 0 Å². The first-order valence-corrected chi connectivity index (χ1v) is 6.64. The average molecular weight is 232 g/mol. The van der Waals surface area contributed by atoms with Crippen LogP contribution in [0.2, 0.25) is 0 Å². The summed E-state index contributed by atoms with van der Waals surface area (Å²) >= 11 is 1.94. The van der Waals surface area contributed by atoms with Crippen LogP contribution in [0.1, 0.15) is 32.1 Å². The fourth-order valence-corrected chi connectivity index (χ4v) is 2.65. The molecule has 0 aromatic heterocycles. The maximum atomic E-state index is 8.32. The molecule has 3 N–H and O–H groups in total. The monoisotopic (exact) mass is 232 g/mol. The average Bonchev–Trinajstić information content (AvgIpc) is 2.75. The van der Waals surface area contributed by atoms with Crippen LogP contribution in [0.4, 0.5) is 0 Å². The molecule has 0 amide bonds. The first kappa shape index (κ1) is 12.6. The summed E-state index contributed by atoms with van der Waals surface area (Å²) in [5, 5.41) is 11.3. The quantitative estimate of drug-likeness (QED) is 0.231. The molecule has 1 heterocycles. The van der Waals surface area contributed by atoms with Crippen molar-refractivity contribution in [3.05, 3.63) is 0 Å². The van der Waals surface area contributed by atoms with Crippen LogP contribution in [0.15, 0.2) is 5.16 Å². The van der Waals surface area contributed by atoms with E-state index in [0.717, 1.165) is 31.0 Å². The predicted octanol–water partition coefficient (Wildman–Crippen LogP) is 1.82. The van der Waals surface area contributed by atoms with Gasteiger partial charge in [0.25, 0.3) is 0 Å². The van der Waals surface area contributed by atoms with E-state index in [2.05, 4.69) is 5.16 Å². The SMILES string of the molecule is NC(CCCCSCC1CCCO1)=NO. The van der Waals surface area contributed by atoms with E-state index in [-0.39, 0.29) is 0 Å². The van der Waals surface area contributed by atoms with Crippen molar-refractivity contribution in [2.45, 2.75) is 38.2 Å². The summed E-state index contributed by atoms with van der Waals surface area (Å²) in [6.45, 7) is 0.939. The number of nitrogens with zero attached hydrogens (tertiary/aromatic N) is 1. The summed E-state index contributed by atoms with van der Waals surface area (Å²) in [5.74, 6) is 2.58. The largest absolute Gasteiger partial charge is 0.409 e. The van der Waals surface area contributed by atoms with Crippen LogP contribution < -0.4 is 5.73 Å². The lowest BCUT2D eigenvalue weighted by Gasteiger charge is -2.08. The Kier molecular flexibility index (Phi) is 6.59. The fraction of sp³-hybridized carbons (Fsp3) is 0.900. The van der Waals surface area contributed by atoms with E-state index in [0.29, 0.717) is 18.4 Å². The van der Waals surface area contributed by atoms with Crippen molar-refractivity contribution in [1.82, 2.24) is 0 Å². The number of hydrogen-bond acceptors (Lipinski definition) is 4. The molecule has 0 radical (unpaired) electrons. The molecule has 1 saturated heterocycles. The van der Waals surface area contributed by atoms with Gasteiger partial charge in [-0.05, 0) is 31.4 Å². The number of rotatable bonds is 7. The van der Waals surface area contributed by atoms with E-state index in [1.165, 1.54) is 12.8 Å². The van der Waals surface area contributed by atoms with Gasteiger partial charge in [-0.2, -0.15) is 11.8 Å². The third-order valence-corrected chi connectivity index (χ3v) is 3.61. The summed E-state index contributed by atoms with van der Waals surface area (Å²) < 4.78 is 5.52. The number of hydrogen-bond donors (Lipinski definition) is 2. The molecular weight excluding hydrogens is 212 g/mol. The Morgan fingerprint density at radius 2 is 2.40 bits per heavy atom. The van der Waals surface area contributed by atoms with Gasteiger partial charge < -0.3 is 15.7 Å². The summed E-state index contributed by atoms with van der Waals surface area (Å²) in [4.78, 5) is 0. The molecule has 0 saturated carbocycles. The molecule has 0 aliphatic carbocycles. The summed E-state index contributed by atoms with van der Waals surface area (Å²) in [5.41, 5.74) is 5.36. The van der Waals surface area contributed by atoms with Gasteiger partial charge in [-0.25, -0.2) is 0 Å². The van der Waals surface area contributed by atoms with Gasteiger partial charge in [-0.15, -0.1) is 0 Å². The molecule has 1 fully saturated rings. The zero-order valence-corrected chi connectivity index (χ0v) is 9.84. The highest BCUT2D eigenvalue weighted by Gasteiger charge is 2.14. The fourth-order valence-electron chi connectivity index (χ4n) is 1.55. The van der Waals surface area contributed by atoms with E-state index in [1.54, 1.807) is 0 Å². The first-order valence-electron chi connectivity index (χ1n) is 5.48. The smallest absolute Gasteiger partial charge is 0.139 e. The van der Waals surface area contributed by atoms with Crippen LogP contribution in [-0.2, 0) is 4.74 Å². The van der Waals surface area contributed by atoms with Crippen LogP contribution in [-0.4, -0.2) is 35.3 Å². The van der Waals surface area contributed by atoms with Crippen molar-refractivity contribution < 1.29 is 9.94 Å². The second-order valence-corrected chi connectivity index (χ2v) is 4.91. The Morgan fingerprint density at radius 3 is 3.07 bits per heavy atom. The van der Waals surface area contributed by atoms with Crippen LogP contribution in [0.5, 0.6) is 0 Å². The van der Waals surface area contributed by atoms with Crippen LogP contribution >= 0.6 is 11.8 Å². The highest BCUT2D eigenvalue weighted by atomic mass is 32.2. The van der Waals surface area contributed by atoms with Gasteiger partial charge in [0.2, 0.25) is 0 Å². The number of nitrogens with two attached hydrogens (primary N) is 1. The predicted molar refractivity (Wildman–Crippen MR) is 63.6 cm³/mol. The first-order chi connectivity index (χ1) is 7.33. The molecule has 0 spiro atoms. The lowest BCUT2D eigenvalue weighted by Crippen LogP contribution is -2.11. The summed E-state index contributed by atoms with van der Waals surface area (Å²) in [6.07, 6.45) is 5.73. The summed E-state index contributed by atoms with van der Waals surface area (Å²) in [7, 11) is 0. The molecule has 15 heavy (non-hydrogen) atoms. The molecule has 1 rings (SSSR count). The van der Waals surface area contributed by atoms with E-state index < -0.39 is 0 Å². The van der Waals surface area contributed by atoms with Crippen molar-refractivity contribution >= 4 is 17.6 Å². The lowest BCUT2D eigenvalue weighted by molar-refractivity contribution is 0.129. The maximum Gasteiger partial charge on any atom is 0.139 e. The molecule has 0 aromatic carbocycles. The zero-order chi connectivity index (χ0) is 10.9. The Balaban J connectivity index is 1.84. The van der Waals surface area contributed by atoms with Crippen LogP contribution in [0, 0.1) is 0 Å². The van der Waals surface area contributed by atoms with Crippen molar-refractivity contribution in [3.63, 3.8) is 0 Å². The second kappa shape index (κ2) is 7.82. The molecule has 4 nitrogen and oxygen atoms in total. The molecule has 1 unspecified atom stereocenters. The standard InChI is InChI=1S/C10H20N2O2S/c11-10(12-13)5-1-2-7-15-8-9-4-3-6-14-9/h9,13H,1-8H2,(H2,11,12). The zero-order valence-electron chi connectivity index (χ0n) is 9.02. The number of amidine groups is 1. The Morgan fingerprint density at radius 1 is 1.53 bits per heavy atom. The van der Waals surface area contributed by atoms with Crippen molar-refractivity contribution in [2.75, 3.05) is 18.1 Å². The Bertz CT molecular complexity index is 194. The van der Waals surface area contributed by atoms with E-state index in [4.69, 9.17) is 15.7 Å². The Hall–Kier alpha value is -0.420. The summed E-state index contributed by atoms with van der Waals surface area (Å²) in [6, 6.07) is 0. The number of unbranched alkanes of at least 4 members (excludes halogenated alkanes) is 1. The highest BCUT2D eigenvalue weighted by molar-refractivity contribution is 7.99. The molecule has 0 bridgehead atoms. The van der Waals surface area contributed by atoms with Crippen LogP contribution in [0.3, 0.4) is 0 Å². The topological polar surface area (TPSA) is 67.8 Å². The molecule has 1 aliphatic rings. The molecule has 88 valence electrons. The normalized spacial score (nSPS) is 22.1. The molecule has 5 heteroatoms. The van der Waals surface area contributed by atoms with Gasteiger partial charge >= 0.3 is 0 Å². The van der Waals surface area contributed by atoms with Gasteiger partial charge in [0.05, 0.1) is 6.10 Å². The number of thioether (sulfide) groups is 1. The van der Waals surface area contributed by atoms with Crippen molar-refractivity contribution in [3.8, 4) is 0 Å². The van der Waals surface area contributed by atoms with E-state index in [1.807, 2.05) is 11.8 Å². The molecule has 0 aromatic rings. The highest BCUT2D eigenvalue weighted by Crippen LogP contribution is 2.17. The third kappa shape index (κ3) is 5.89. The maximum absolute atomic E-state index is 8.32. The molecule has 1 aliphatic heterocycles. The number of ether oxygens (including phenoxy) is 1. The minimum Gasteiger partial charge on any atom is -0.409 e. The second-order valence-electron chi connectivity index (χ2n) is 3.76. The van der Waals surface area contributed by atoms with E-state index in [9.17, 15) is 0 Å². The van der Waals surface area contributed by atoms with Crippen molar-refractivity contribution in [2.24, 2.45) is 10.9 Å². The number of oxime groups is 1. The molecule has 1 atom stereocenters. The van der Waals surface area contributed by atoms with Gasteiger partial charge in [-0.3, -0.25) is 0 Å². The van der Waals surface area contributed by atoms with Crippen LogP contribution in [0.25, 0.3) is 0 Å². The molecular formula is C10H20N2O2S. The third-order valence-electron chi connectivity index (χ3n) is 2.43. The van der Waals surface area contributed by atoms with Gasteiger partial charge in [-0.1, -0.05) is 5.16 Å². The van der Waals surface area contributed by atoms with Gasteiger partial charge in [0, 0.05) is 18.8 Å². The Labute approximate surface area is 95.2 Å². The van der Waals surface area contributed by atoms with Gasteiger partial charge in [0.15, 0.2) is 0 Å². The minimum atomic E-state index is 0.333. The van der Waals surface area contributed by atoms with E-state index >= 15 is 0 Å². The lowest BCUT2D eigenvalue weighted by atomic mass is 10.2. The van der Waals surface area contributed by atoms with Gasteiger partial charge in [0.1, 0.15) is 5.84 Å². The minimum absolute atomic E-state index is 0.333.